The van der Waals surface area contributed by atoms with Crippen LogP contribution >= 0.6 is 12.6 Å². The molecule has 0 N–H and O–H groups in total. The molecule has 0 bridgehead atoms. The van der Waals surface area contributed by atoms with Gasteiger partial charge in [0.2, 0.25) is 0 Å². The monoisotopic (exact) mass is 228 g/mol. The Hall–Kier alpha value is -1.61. The van der Waals surface area contributed by atoms with E-state index in [1.165, 1.54) is 0 Å². The largest absolute Gasteiger partial charge is 0.272 e. The fourth-order valence-corrected chi connectivity index (χ4v) is 1.55. The molecule has 1 unspecified atom stereocenters. The maximum atomic E-state index is 4.42. The molecule has 1 atom stereocenters. The number of hydrogen-bond donors (Lipinski definition) is 1. The fourth-order valence-electron chi connectivity index (χ4n) is 1.31. The summed E-state index contributed by atoms with van der Waals surface area (Å²) >= 11 is 4.42. The summed E-state index contributed by atoms with van der Waals surface area (Å²) in [6.45, 7) is 0. The Balaban J connectivity index is 2.08. The van der Waals surface area contributed by atoms with E-state index in [-0.39, 0.29) is 5.37 Å². The summed E-state index contributed by atoms with van der Waals surface area (Å²) in [5.74, 6) is 0. The zero-order chi connectivity index (χ0) is 11.2. The smallest absolute Gasteiger partial charge is 0.118 e. The van der Waals surface area contributed by atoms with Crippen LogP contribution in [0.15, 0.2) is 59.7 Å². The number of aliphatic imine (C=N–C) groups is 1. The second-order valence-corrected chi connectivity index (χ2v) is 3.81. The molecular formula is C13H12N2S. The van der Waals surface area contributed by atoms with Gasteiger partial charge < -0.3 is 0 Å². The third kappa shape index (κ3) is 2.94. The van der Waals surface area contributed by atoms with Crippen LogP contribution < -0.4 is 0 Å². The molecule has 0 fully saturated rings. The van der Waals surface area contributed by atoms with Crippen molar-refractivity contribution in [2.75, 3.05) is 0 Å². The van der Waals surface area contributed by atoms with Crippen molar-refractivity contribution in [3.05, 3.63) is 66.0 Å². The van der Waals surface area contributed by atoms with Gasteiger partial charge in [-0.2, -0.15) is 0 Å². The van der Waals surface area contributed by atoms with Crippen LogP contribution in [0.3, 0.4) is 0 Å². The Morgan fingerprint density at radius 2 is 1.81 bits per heavy atom. The topological polar surface area (TPSA) is 25.2 Å². The highest BCUT2D eigenvalue weighted by atomic mass is 32.1. The van der Waals surface area contributed by atoms with Gasteiger partial charge in [-0.3, -0.25) is 9.98 Å². The molecule has 2 aromatic rings. The average molecular weight is 228 g/mol. The lowest BCUT2D eigenvalue weighted by Crippen LogP contribution is -1.90. The molecule has 0 amide bonds. The molecule has 0 saturated heterocycles. The van der Waals surface area contributed by atoms with E-state index >= 15 is 0 Å². The van der Waals surface area contributed by atoms with E-state index in [1.54, 1.807) is 12.4 Å². The Morgan fingerprint density at radius 3 is 2.50 bits per heavy atom. The first-order valence-corrected chi connectivity index (χ1v) is 5.55. The Morgan fingerprint density at radius 1 is 1.06 bits per heavy atom. The van der Waals surface area contributed by atoms with Crippen LogP contribution in [0.1, 0.15) is 16.6 Å². The number of rotatable bonds is 3. The summed E-state index contributed by atoms with van der Waals surface area (Å²) in [5, 5.41) is -0.136. The minimum atomic E-state index is -0.136. The van der Waals surface area contributed by atoms with Crippen molar-refractivity contribution in [1.29, 1.82) is 0 Å². The first-order valence-electron chi connectivity index (χ1n) is 5.03. The summed E-state index contributed by atoms with van der Waals surface area (Å²) in [6.07, 6.45) is 3.49. The van der Waals surface area contributed by atoms with Crippen molar-refractivity contribution < 1.29 is 0 Å². The molecule has 2 rings (SSSR count). The van der Waals surface area contributed by atoms with E-state index in [0.717, 1.165) is 11.3 Å². The maximum absolute atomic E-state index is 4.42. The molecule has 0 saturated carbocycles. The van der Waals surface area contributed by atoms with Crippen molar-refractivity contribution in [3.63, 3.8) is 0 Å². The predicted molar refractivity (Wildman–Crippen MR) is 70.0 cm³/mol. The minimum Gasteiger partial charge on any atom is -0.272 e. The fraction of sp³-hybridized carbons (Fsp3) is 0.0769. The van der Waals surface area contributed by atoms with E-state index in [0.29, 0.717) is 0 Å². The highest BCUT2D eigenvalue weighted by Gasteiger charge is 2.01. The number of hydrogen-bond acceptors (Lipinski definition) is 3. The summed E-state index contributed by atoms with van der Waals surface area (Å²) in [6, 6.07) is 15.7. The third-order valence-electron chi connectivity index (χ3n) is 2.13. The van der Waals surface area contributed by atoms with Gasteiger partial charge in [0.1, 0.15) is 5.37 Å². The molecule has 1 aromatic heterocycles. The number of benzene rings is 1. The van der Waals surface area contributed by atoms with Gasteiger partial charge in [-0.05, 0) is 17.7 Å². The van der Waals surface area contributed by atoms with Gasteiger partial charge in [0.15, 0.2) is 0 Å². The standard InChI is InChI=1S/C13H12N2S/c16-13(11-6-2-1-3-7-11)15-10-12-8-4-5-9-14-12/h1-10,13,16H. The van der Waals surface area contributed by atoms with Crippen molar-refractivity contribution in [3.8, 4) is 0 Å². The summed E-state index contributed by atoms with van der Waals surface area (Å²) in [7, 11) is 0. The first kappa shape index (κ1) is 10.9. The Labute approximate surface area is 100 Å². The van der Waals surface area contributed by atoms with E-state index < -0.39 is 0 Å². The van der Waals surface area contributed by atoms with Gasteiger partial charge in [0, 0.05) is 12.4 Å². The second-order valence-electron chi connectivity index (χ2n) is 3.32. The molecule has 16 heavy (non-hydrogen) atoms. The lowest BCUT2D eigenvalue weighted by atomic mass is 10.2. The van der Waals surface area contributed by atoms with Crippen molar-refractivity contribution >= 4 is 18.8 Å². The van der Waals surface area contributed by atoms with Crippen LogP contribution in [-0.4, -0.2) is 11.2 Å². The van der Waals surface area contributed by atoms with Crippen LogP contribution in [0.5, 0.6) is 0 Å². The molecule has 0 aliphatic rings. The molecule has 0 aliphatic heterocycles. The zero-order valence-corrected chi connectivity index (χ0v) is 9.59. The molecule has 2 nitrogen and oxygen atoms in total. The van der Waals surface area contributed by atoms with Gasteiger partial charge in [0.25, 0.3) is 0 Å². The van der Waals surface area contributed by atoms with Crippen LogP contribution in [0.4, 0.5) is 0 Å². The molecule has 0 radical (unpaired) electrons. The van der Waals surface area contributed by atoms with Crippen LogP contribution in [-0.2, 0) is 0 Å². The van der Waals surface area contributed by atoms with Crippen LogP contribution in [0.2, 0.25) is 0 Å². The van der Waals surface area contributed by atoms with Gasteiger partial charge in [-0.15, -0.1) is 12.6 Å². The lowest BCUT2D eigenvalue weighted by molar-refractivity contribution is 1.05. The van der Waals surface area contributed by atoms with Gasteiger partial charge in [-0.1, -0.05) is 36.4 Å². The molecule has 1 heterocycles. The zero-order valence-electron chi connectivity index (χ0n) is 8.69. The van der Waals surface area contributed by atoms with E-state index in [4.69, 9.17) is 0 Å². The lowest BCUT2D eigenvalue weighted by Gasteiger charge is -2.04. The summed E-state index contributed by atoms with van der Waals surface area (Å²) < 4.78 is 0. The van der Waals surface area contributed by atoms with Gasteiger partial charge in [-0.25, -0.2) is 0 Å². The molecule has 3 heteroatoms. The highest BCUT2D eigenvalue weighted by Crippen LogP contribution is 2.20. The van der Waals surface area contributed by atoms with Crippen molar-refractivity contribution in [1.82, 2.24) is 4.98 Å². The summed E-state index contributed by atoms with van der Waals surface area (Å²) in [5.41, 5.74) is 1.93. The van der Waals surface area contributed by atoms with E-state index in [9.17, 15) is 0 Å². The maximum Gasteiger partial charge on any atom is 0.118 e. The number of thiol groups is 1. The SMILES string of the molecule is SC(N=Cc1ccccn1)c1ccccc1. The first-order chi connectivity index (χ1) is 7.86. The second kappa shape index (κ2) is 5.47. The minimum absolute atomic E-state index is 0.136. The van der Waals surface area contributed by atoms with Crippen molar-refractivity contribution in [2.24, 2.45) is 4.99 Å². The molecular weight excluding hydrogens is 216 g/mol. The van der Waals surface area contributed by atoms with Gasteiger partial charge in [0.05, 0.1) is 5.69 Å². The number of pyridine rings is 1. The Kier molecular flexibility index (Phi) is 3.72. The molecule has 0 spiro atoms. The van der Waals surface area contributed by atoms with E-state index in [1.807, 2.05) is 48.5 Å². The third-order valence-corrected chi connectivity index (χ3v) is 2.56. The molecule has 0 aliphatic carbocycles. The quantitative estimate of drug-likeness (QED) is 0.633. The summed E-state index contributed by atoms with van der Waals surface area (Å²) in [4.78, 5) is 8.50. The van der Waals surface area contributed by atoms with E-state index in [2.05, 4.69) is 22.6 Å². The molecule has 1 aromatic carbocycles. The predicted octanol–water partition coefficient (Wildman–Crippen LogP) is 3.13. The highest BCUT2D eigenvalue weighted by molar-refractivity contribution is 7.80. The van der Waals surface area contributed by atoms with Crippen molar-refractivity contribution in [2.45, 2.75) is 5.37 Å². The van der Waals surface area contributed by atoms with Crippen LogP contribution in [0.25, 0.3) is 0 Å². The molecule has 80 valence electrons. The average Bonchev–Trinajstić information content (AvgIpc) is 2.38. The van der Waals surface area contributed by atoms with Gasteiger partial charge >= 0.3 is 0 Å². The van der Waals surface area contributed by atoms with Crippen LogP contribution in [0, 0.1) is 0 Å². The Bertz CT molecular complexity index is 454. The number of aromatic nitrogens is 1. The number of nitrogens with zero attached hydrogens (tertiary/aromatic N) is 2. The normalized spacial score (nSPS) is 12.8.